The standard InChI is InChI=1S/C97H108N6O4/c1-90(2,3)68-41-64(42-69(52-68)91(4,5)6)80-56-79(98-84(99-80)65-43-70(92(7,8)9)53-71(44-65)93(10,11)12)61-35-38-83(103-81-39-36-62(88(104)106-57-59-31-27-25-28-32-59)50-76(81)77-51-63(37-40-82(77)103)89(105)107-58-60-33-29-26-30-34-60)78(49-61)87-101-85(66-45-72(94(13,14)15)54-73(46-66)95(16,17)18)100-86(102-87)67-47-74(96(19,20)21)55-75(48-67)97(22,23)24/h25-56H,57-58H2,1-24H3. The molecule has 0 amide bonds. The molecular formula is C97H108N6O4. The Morgan fingerprint density at radius 1 is 0.290 bits per heavy atom. The van der Waals surface area contributed by atoms with Gasteiger partial charge in [-0.15, -0.1) is 0 Å². The number of hydrogen-bond donors (Lipinski definition) is 0. The first-order valence-electron chi connectivity index (χ1n) is 37.8. The predicted molar refractivity (Wildman–Crippen MR) is 443 cm³/mol. The number of esters is 2. The molecule has 0 unspecified atom stereocenters. The molecule has 0 aliphatic carbocycles. The van der Waals surface area contributed by atoms with E-state index in [0.29, 0.717) is 56.5 Å². The second-order valence-electron chi connectivity index (χ2n) is 37.6. The first-order chi connectivity index (χ1) is 49.8. The minimum absolute atomic E-state index is 0.0936. The van der Waals surface area contributed by atoms with Crippen LogP contribution in [0.5, 0.6) is 0 Å². The SMILES string of the molecule is CC(C)(C)c1cc(-c2cc(-c3ccc(-n4c5ccc(C(=O)OCc6ccccc6)cc5c5cc(C(=O)OCc6ccccc6)ccc54)c(-c4nc(-c5cc(C(C)(C)C)cc(C(C)(C)C)c5)nc(-c5cc(C(C)(C)C)cc(C(C)(C)C)c5)n4)c3)nc(-c3cc(C(C)(C)C)cc(C(C)(C)C)c3)n2)cc(C(C)(C)C)c1. The number of aromatic nitrogens is 6. The minimum atomic E-state index is -0.483. The van der Waals surface area contributed by atoms with Crippen molar-refractivity contribution in [1.82, 2.24) is 29.5 Å². The van der Waals surface area contributed by atoms with Crippen molar-refractivity contribution in [1.29, 1.82) is 0 Å². The predicted octanol–water partition coefficient (Wildman–Crippen LogP) is 24.9. The van der Waals surface area contributed by atoms with Gasteiger partial charge in [0.05, 0.1) is 39.2 Å². The van der Waals surface area contributed by atoms with Crippen LogP contribution in [0.25, 0.3) is 95.6 Å². The van der Waals surface area contributed by atoms with Gasteiger partial charge in [-0.2, -0.15) is 0 Å². The van der Waals surface area contributed by atoms with Gasteiger partial charge >= 0.3 is 11.9 Å². The molecule has 0 N–H and O–H groups in total. The lowest BCUT2D eigenvalue weighted by Gasteiger charge is -2.27. The van der Waals surface area contributed by atoms with Gasteiger partial charge in [0.2, 0.25) is 0 Å². The molecule has 3 heterocycles. The summed E-state index contributed by atoms with van der Waals surface area (Å²) in [6.45, 7) is 54.5. The summed E-state index contributed by atoms with van der Waals surface area (Å²) in [7, 11) is 0. The normalized spacial score (nSPS) is 12.8. The molecule has 10 nitrogen and oxygen atoms in total. The minimum Gasteiger partial charge on any atom is -0.457 e. The Balaban J connectivity index is 1.21. The lowest BCUT2D eigenvalue weighted by molar-refractivity contribution is 0.0464. The summed E-state index contributed by atoms with van der Waals surface area (Å²) in [5.41, 5.74) is 19.1. The smallest absolute Gasteiger partial charge is 0.338 e. The van der Waals surface area contributed by atoms with Gasteiger partial charge in [0, 0.05) is 44.2 Å². The Morgan fingerprint density at radius 3 is 0.916 bits per heavy atom. The molecule has 12 aromatic rings. The van der Waals surface area contributed by atoms with Crippen LogP contribution >= 0.6 is 0 Å². The maximum atomic E-state index is 14.4. The van der Waals surface area contributed by atoms with E-state index in [4.69, 9.17) is 34.4 Å². The molecule has 550 valence electrons. The molecule has 3 aromatic heterocycles. The lowest BCUT2D eigenvalue weighted by Crippen LogP contribution is -2.17. The van der Waals surface area contributed by atoms with Crippen molar-refractivity contribution < 1.29 is 19.1 Å². The monoisotopic (exact) mass is 1420 g/mol. The number of nitrogens with zero attached hydrogens (tertiary/aromatic N) is 6. The molecule has 9 aromatic carbocycles. The molecule has 12 rings (SSSR count). The fourth-order valence-electron chi connectivity index (χ4n) is 13.4. The second kappa shape index (κ2) is 28.2. The largest absolute Gasteiger partial charge is 0.457 e. The van der Waals surface area contributed by atoms with Crippen LogP contribution in [-0.4, -0.2) is 41.4 Å². The third kappa shape index (κ3) is 17.0. The van der Waals surface area contributed by atoms with Crippen LogP contribution in [0.3, 0.4) is 0 Å². The number of hydrogen-bond acceptors (Lipinski definition) is 9. The summed E-state index contributed by atoms with van der Waals surface area (Å²) >= 11 is 0. The summed E-state index contributed by atoms with van der Waals surface area (Å²) in [6, 6.07) is 66.9. The molecule has 0 radical (unpaired) electrons. The van der Waals surface area contributed by atoms with Crippen LogP contribution < -0.4 is 0 Å². The van der Waals surface area contributed by atoms with E-state index in [9.17, 15) is 9.59 Å². The average Bonchev–Trinajstić information content (AvgIpc) is 1.61. The van der Waals surface area contributed by atoms with Crippen molar-refractivity contribution in [2.45, 2.75) is 223 Å². The zero-order chi connectivity index (χ0) is 77.5. The van der Waals surface area contributed by atoms with E-state index in [-0.39, 0.29) is 56.5 Å². The summed E-state index contributed by atoms with van der Waals surface area (Å²) in [4.78, 5) is 57.5. The number of rotatable bonds is 13. The molecule has 10 heteroatoms. The van der Waals surface area contributed by atoms with Gasteiger partial charge in [-0.3, -0.25) is 0 Å². The van der Waals surface area contributed by atoms with Crippen molar-refractivity contribution in [2.75, 3.05) is 0 Å². The van der Waals surface area contributed by atoms with E-state index in [2.05, 4.69) is 268 Å². The van der Waals surface area contributed by atoms with Gasteiger partial charge in [-0.05, 0) is 202 Å². The highest BCUT2D eigenvalue weighted by Crippen LogP contribution is 2.44. The number of carbonyl (C=O) groups excluding carboxylic acids is 2. The number of carbonyl (C=O) groups is 2. The van der Waals surface area contributed by atoms with Crippen LogP contribution in [0.2, 0.25) is 0 Å². The molecule has 0 atom stereocenters. The third-order valence-electron chi connectivity index (χ3n) is 20.5. The van der Waals surface area contributed by atoms with Crippen LogP contribution in [0, 0.1) is 0 Å². The Labute approximate surface area is 636 Å². The highest BCUT2D eigenvalue weighted by molar-refractivity contribution is 6.13. The second-order valence-corrected chi connectivity index (χ2v) is 37.6. The fraction of sp³-hybridized carbons (Fsp3) is 0.351. The highest BCUT2D eigenvalue weighted by atomic mass is 16.5. The average molecular weight is 1420 g/mol. The maximum Gasteiger partial charge on any atom is 0.338 e. The van der Waals surface area contributed by atoms with Crippen molar-refractivity contribution in [3.05, 3.63) is 261 Å². The first-order valence-corrected chi connectivity index (χ1v) is 37.8. The van der Waals surface area contributed by atoms with Crippen molar-refractivity contribution >= 4 is 33.7 Å². The molecule has 0 bridgehead atoms. The number of fused-ring (bicyclic) bond motifs is 3. The van der Waals surface area contributed by atoms with E-state index in [1.54, 1.807) is 0 Å². The van der Waals surface area contributed by atoms with Crippen LogP contribution in [-0.2, 0) is 66.0 Å². The zero-order valence-electron chi connectivity index (χ0n) is 67.7. The Kier molecular flexibility index (Phi) is 20.1. The molecule has 0 aliphatic heterocycles. The van der Waals surface area contributed by atoms with E-state index in [1.807, 2.05) is 97.1 Å². The Morgan fingerprint density at radius 2 is 0.589 bits per heavy atom. The van der Waals surface area contributed by atoms with Crippen molar-refractivity contribution in [2.24, 2.45) is 0 Å². The number of benzene rings is 9. The summed E-state index contributed by atoms with van der Waals surface area (Å²) in [5, 5.41) is 1.43. The topological polar surface area (TPSA) is 122 Å². The van der Waals surface area contributed by atoms with Gasteiger partial charge in [0.15, 0.2) is 23.3 Å². The quantitative estimate of drug-likeness (QED) is 0.104. The van der Waals surface area contributed by atoms with Gasteiger partial charge < -0.3 is 14.0 Å². The number of ether oxygens (including phenoxy) is 2. The lowest BCUT2D eigenvalue weighted by atomic mass is 9.79. The summed E-state index contributed by atoms with van der Waals surface area (Å²) in [6.07, 6.45) is 0. The van der Waals surface area contributed by atoms with E-state index >= 15 is 0 Å². The summed E-state index contributed by atoms with van der Waals surface area (Å²) in [5.74, 6) is 1.09. The van der Waals surface area contributed by atoms with Crippen molar-refractivity contribution in [3.8, 4) is 73.8 Å². The zero-order valence-corrected chi connectivity index (χ0v) is 67.7. The molecule has 0 fully saturated rings. The molecule has 0 saturated carbocycles. The third-order valence-corrected chi connectivity index (χ3v) is 20.5. The molecular weight excluding hydrogens is 1310 g/mol. The molecule has 107 heavy (non-hydrogen) atoms. The van der Waals surface area contributed by atoms with Crippen LogP contribution in [0.1, 0.15) is 243 Å². The van der Waals surface area contributed by atoms with Crippen molar-refractivity contribution in [3.63, 3.8) is 0 Å². The van der Waals surface area contributed by atoms with E-state index in [0.717, 1.165) is 83.6 Å². The Bertz CT molecular complexity index is 4960. The Hall–Kier alpha value is -10.2. The molecule has 0 aliphatic rings. The van der Waals surface area contributed by atoms with E-state index in [1.165, 1.54) is 22.3 Å². The fourth-order valence-corrected chi connectivity index (χ4v) is 13.4. The van der Waals surface area contributed by atoms with Crippen LogP contribution in [0.4, 0.5) is 0 Å². The maximum absolute atomic E-state index is 14.4. The van der Waals surface area contributed by atoms with Gasteiger partial charge in [-0.1, -0.05) is 257 Å². The van der Waals surface area contributed by atoms with Gasteiger partial charge in [-0.25, -0.2) is 34.5 Å². The summed E-state index contributed by atoms with van der Waals surface area (Å²) < 4.78 is 14.3. The first kappa shape index (κ1) is 76.5. The van der Waals surface area contributed by atoms with Gasteiger partial charge in [0.1, 0.15) is 13.2 Å². The van der Waals surface area contributed by atoms with Crippen LogP contribution in [0.15, 0.2) is 194 Å². The van der Waals surface area contributed by atoms with E-state index < -0.39 is 11.9 Å². The molecule has 0 spiro atoms. The van der Waals surface area contributed by atoms with Gasteiger partial charge in [0.25, 0.3) is 0 Å². The highest BCUT2D eigenvalue weighted by Gasteiger charge is 2.31. The molecule has 0 saturated heterocycles.